The molecule has 3 rings (SSSR count). The molecule has 0 saturated carbocycles. The summed E-state index contributed by atoms with van der Waals surface area (Å²) in [4.78, 5) is 38.8. The van der Waals surface area contributed by atoms with Gasteiger partial charge in [0.15, 0.2) is 6.61 Å². The van der Waals surface area contributed by atoms with Crippen molar-refractivity contribution in [2.24, 2.45) is 5.92 Å². The van der Waals surface area contributed by atoms with Gasteiger partial charge < -0.3 is 15.0 Å². The third-order valence-electron chi connectivity index (χ3n) is 5.25. The summed E-state index contributed by atoms with van der Waals surface area (Å²) >= 11 is 12.1. The van der Waals surface area contributed by atoms with Crippen molar-refractivity contribution in [3.05, 3.63) is 63.1 Å². The number of anilines is 1. The second kappa shape index (κ2) is 10.2. The highest BCUT2D eigenvalue weighted by Crippen LogP contribution is 2.27. The molecule has 8 heteroatoms. The molecule has 0 atom stereocenters. The molecule has 0 bridgehead atoms. The van der Waals surface area contributed by atoms with Gasteiger partial charge in [-0.1, -0.05) is 29.3 Å². The number of piperidine rings is 1. The zero-order valence-corrected chi connectivity index (χ0v) is 18.9. The van der Waals surface area contributed by atoms with Crippen LogP contribution in [0.1, 0.15) is 34.3 Å². The Balaban J connectivity index is 1.46. The fourth-order valence-corrected chi connectivity index (χ4v) is 4.09. The van der Waals surface area contributed by atoms with E-state index in [1.807, 2.05) is 19.9 Å². The van der Waals surface area contributed by atoms with E-state index in [1.54, 1.807) is 35.2 Å². The SMILES string of the molecule is Cc1cc(C)c(NC(=O)COC(=O)C2CCN(C(=O)c3ccc(Cl)cc3)CC2)c(Cl)c1. The number of benzene rings is 2. The van der Waals surface area contributed by atoms with E-state index in [2.05, 4.69) is 5.32 Å². The minimum absolute atomic E-state index is 0.0896. The number of nitrogens with zero attached hydrogens (tertiary/aromatic N) is 1. The molecule has 1 aliphatic heterocycles. The fraction of sp³-hybridized carbons (Fsp3) is 0.348. The van der Waals surface area contributed by atoms with Crippen LogP contribution in [0, 0.1) is 19.8 Å². The molecule has 0 radical (unpaired) electrons. The molecule has 1 heterocycles. The number of ether oxygens (including phenoxy) is 1. The van der Waals surface area contributed by atoms with Crippen molar-refractivity contribution < 1.29 is 19.1 Å². The first kappa shape index (κ1) is 23.1. The summed E-state index contributed by atoms with van der Waals surface area (Å²) in [6.07, 6.45) is 0.978. The minimum Gasteiger partial charge on any atom is -0.455 e. The van der Waals surface area contributed by atoms with Gasteiger partial charge >= 0.3 is 5.97 Å². The van der Waals surface area contributed by atoms with Gasteiger partial charge in [-0.25, -0.2) is 0 Å². The Morgan fingerprint density at radius 1 is 1.06 bits per heavy atom. The molecule has 1 saturated heterocycles. The van der Waals surface area contributed by atoms with Crippen molar-refractivity contribution in [3.8, 4) is 0 Å². The van der Waals surface area contributed by atoms with Crippen LogP contribution >= 0.6 is 23.2 Å². The van der Waals surface area contributed by atoms with Gasteiger partial charge in [-0.05, 0) is 68.1 Å². The number of amides is 2. The molecular weight excluding hydrogens is 439 g/mol. The second-order valence-electron chi connectivity index (χ2n) is 7.67. The normalized spacial score (nSPS) is 14.3. The zero-order chi connectivity index (χ0) is 22.5. The molecule has 2 aromatic rings. The molecule has 2 amide bonds. The molecular formula is C23H24Cl2N2O4. The number of likely N-dealkylation sites (tertiary alicyclic amines) is 1. The molecule has 0 unspecified atom stereocenters. The van der Waals surface area contributed by atoms with Crippen LogP contribution in [0.3, 0.4) is 0 Å². The van der Waals surface area contributed by atoms with Crippen molar-refractivity contribution in [2.75, 3.05) is 25.0 Å². The predicted octanol–water partition coefficient (Wildman–Crippen LogP) is 4.64. The molecule has 1 aliphatic rings. The highest BCUT2D eigenvalue weighted by atomic mass is 35.5. The number of rotatable bonds is 5. The molecule has 31 heavy (non-hydrogen) atoms. The summed E-state index contributed by atoms with van der Waals surface area (Å²) in [5, 5.41) is 3.71. The Morgan fingerprint density at radius 3 is 2.32 bits per heavy atom. The first-order valence-corrected chi connectivity index (χ1v) is 10.8. The van der Waals surface area contributed by atoms with Crippen LogP contribution in [0.25, 0.3) is 0 Å². The van der Waals surface area contributed by atoms with E-state index in [0.717, 1.165) is 11.1 Å². The van der Waals surface area contributed by atoms with Crippen molar-refractivity contribution in [1.82, 2.24) is 4.90 Å². The quantitative estimate of drug-likeness (QED) is 0.656. The van der Waals surface area contributed by atoms with Gasteiger partial charge in [0.25, 0.3) is 11.8 Å². The maximum atomic E-state index is 12.6. The van der Waals surface area contributed by atoms with Crippen molar-refractivity contribution in [2.45, 2.75) is 26.7 Å². The van der Waals surface area contributed by atoms with Crippen LogP contribution in [0.4, 0.5) is 5.69 Å². The highest BCUT2D eigenvalue weighted by molar-refractivity contribution is 6.34. The smallest absolute Gasteiger partial charge is 0.309 e. The van der Waals surface area contributed by atoms with Crippen LogP contribution < -0.4 is 5.32 Å². The summed E-state index contributed by atoms with van der Waals surface area (Å²) in [7, 11) is 0. The standard InChI is InChI=1S/C23H24Cl2N2O4/c1-14-11-15(2)21(19(25)12-14)26-20(28)13-31-23(30)17-7-9-27(10-8-17)22(29)16-3-5-18(24)6-4-16/h3-6,11-12,17H,7-10,13H2,1-2H3,(H,26,28). The summed E-state index contributed by atoms with van der Waals surface area (Å²) in [5.41, 5.74) is 2.91. The average molecular weight is 463 g/mol. The number of halogens is 2. The maximum Gasteiger partial charge on any atom is 0.309 e. The third kappa shape index (κ3) is 5.99. The number of esters is 1. The number of aryl methyl sites for hydroxylation is 2. The van der Waals surface area contributed by atoms with Crippen molar-refractivity contribution in [1.29, 1.82) is 0 Å². The Bertz CT molecular complexity index is 961. The zero-order valence-electron chi connectivity index (χ0n) is 17.4. The molecule has 0 spiro atoms. The molecule has 0 aromatic heterocycles. The lowest BCUT2D eigenvalue weighted by Crippen LogP contribution is -2.41. The number of hydrogen-bond acceptors (Lipinski definition) is 4. The van der Waals surface area contributed by atoms with E-state index in [9.17, 15) is 14.4 Å². The summed E-state index contributed by atoms with van der Waals surface area (Å²) in [6.45, 7) is 4.28. The number of carbonyl (C=O) groups is 3. The van der Waals surface area contributed by atoms with Gasteiger partial charge in [-0.2, -0.15) is 0 Å². The van der Waals surface area contributed by atoms with E-state index >= 15 is 0 Å². The van der Waals surface area contributed by atoms with E-state index in [4.69, 9.17) is 27.9 Å². The van der Waals surface area contributed by atoms with Crippen molar-refractivity contribution in [3.63, 3.8) is 0 Å². The minimum atomic E-state index is -0.447. The second-order valence-corrected chi connectivity index (χ2v) is 8.51. The first-order valence-electron chi connectivity index (χ1n) is 10.0. The fourth-order valence-electron chi connectivity index (χ4n) is 3.60. The van der Waals surface area contributed by atoms with Gasteiger partial charge in [0.2, 0.25) is 0 Å². The van der Waals surface area contributed by atoms with E-state index in [1.165, 1.54) is 0 Å². The summed E-state index contributed by atoms with van der Waals surface area (Å²) in [5.74, 6) is -1.31. The maximum absolute atomic E-state index is 12.6. The lowest BCUT2D eigenvalue weighted by Gasteiger charge is -2.31. The average Bonchev–Trinajstić information content (AvgIpc) is 2.74. The van der Waals surface area contributed by atoms with Crippen molar-refractivity contribution >= 4 is 46.7 Å². The van der Waals surface area contributed by atoms with Crippen LogP contribution in [-0.4, -0.2) is 42.4 Å². The van der Waals surface area contributed by atoms with Gasteiger partial charge in [0.05, 0.1) is 16.6 Å². The molecule has 0 aliphatic carbocycles. The first-order chi connectivity index (χ1) is 14.7. The van der Waals surface area contributed by atoms with Crippen LogP contribution in [0.15, 0.2) is 36.4 Å². The number of carbonyl (C=O) groups excluding carboxylic acids is 3. The molecule has 1 fully saturated rings. The lowest BCUT2D eigenvalue weighted by atomic mass is 9.96. The Labute approximate surface area is 191 Å². The number of nitrogens with one attached hydrogen (secondary N) is 1. The van der Waals surface area contributed by atoms with E-state index < -0.39 is 11.9 Å². The largest absolute Gasteiger partial charge is 0.455 e. The van der Waals surface area contributed by atoms with E-state index in [0.29, 0.717) is 47.2 Å². The van der Waals surface area contributed by atoms with Crippen LogP contribution in [0.5, 0.6) is 0 Å². The van der Waals surface area contributed by atoms with Gasteiger partial charge in [0, 0.05) is 23.7 Å². The Kier molecular flexibility index (Phi) is 7.57. The summed E-state index contributed by atoms with van der Waals surface area (Å²) < 4.78 is 5.20. The molecule has 6 nitrogen and oxygen atoms in total. The summed E-state index contributed by atoms with van der Waals surface area (Å²) in [6, 6.07) is 10.4. The molecule has 2 aromatic carbocycles. The third-order valence-corrected chi connectivity index (χ3v) is 5.80. The van der Waals surface area contributed by atoms with E-state index in [-0.39, 0.29) is 18.4 Å². The topological polar surface area (TPSA) is 75.7 Å². The molecule has 164 valence electrons. The van der Waals surface area contributed by atoms with Crippen LogP contribution in [-0.2, 0) is 14.3 Å². The van der Waals surface area contributed by atoms with Crippen LogP contribution in [0.2, 0.25) is 10.0 Å². The Morgan fingerprint density at radius 2 is 1.71 bits per heavy atom. The van der Waals surface area contributed by atoms with Gasteiger partial charge in [0.1, 0.15) is 0 Å². The molecule has 1 N–H and O–H groups in total. The lowest BCUT2D eigenvalue weighted by molar-refractivity contribution is -0.152. The monoisotopic (exact) mass is 462 g/mol. The highest BCUT2D eigenvalue weighted by Gasteiger charge is 2.29. The predicted molar refractivity (Wildman–Crippen MR) is 121 cm³/mol. The van der Waals surface area contributed by atoms with Gasteiger partial charge in [-0.3, -0.25) is 14.4 Å². The van der Waals surface area contributed by atoms with Gasteiger partial charge in [-0.15, -0.1) is 0 Å². The number of hydrogen-bond donors (Lipinski definition) is 1. The Hall–Kier alpha value is -2.57.